The lowest BCUT2D eigenvalue weighted by molar-refractivity contribution is -0.115. The van der Waals surface area contributed by atoms with Crippen LogP contribution in [0.4, 0.5) is 0 Å². The molecule has 31 heavy (non-hydrogen) atoms. The second-order valence-electron chi connectivity index (χ2n) is 8.98. The zero-order valence-corrected chi connectivity index (χ0v) is 19.9. The smallest absolute Gasteiger partial charge is 0.267 e. The van der Waals surface area contributed by atoms with E-state index in [0.717, 1.165) is 29.7 Å². The normalized spacial score (nSPS) is 16.3. The van der Waals surface area contributed by atoms with Crippen molar-refractivity contribution in [2.75, 3.05) is 12.9 Å². The number of carbonyl (C=O) groups excluding carboxylic acids is 1. The summed E-state index contributed by atoms with van der Waals surface area (Å²) in [5.41, 5.74) is 7.34. The van der Waals surface area contributed by atoms with Crippen molar-refractivity contribution in [3.8, 4) is 11.4 Å². The van der Waals surface area contributed by atoms with E-state index >= 15 is 0 Å². The minimum atomic E-state index is -0.445. The van der Waals surface area contributed by atoms with E-state index in [4.69, 9.17) is 15.5 Å². The maximum absolute atomic E-state index is 13.7. The molecule has 0 bridgehead atoms. The van der Waals surface area contributed by atoms with Gasteiger partial charge in [-0.15, -0.1) is 11.3 Å². The molecule has 1 aromatic carbocycles. The molecule has 4 rings (SSSR count). The van der Waals surface area contributed by atoms with Gasteiger partial charge in [0, 0.05) is 4.88 Å². The highest BCUT2D eigenvalue weighted by Gasteiger charge is 2.32. The van der Waals surface area contributed by atoms with Crippen molar-refractivity contribution in [3.05, 3.63) is 45.1 Å². The minimum absolute atomic E-state index is 0.0608. The number of aromatic nitrogens is 2. The molecular weight excluding hydrogens is 430 g/mol. The molecule has 1 atom stereocenters. The van der Waals surface area contributed by atoms with Gasteiger partial charge in [0.15, 0.2) is 5.16 Å². The molecule has 2 aromatic heterocycles. The molecule has 8 heteroatoms. The zero-order valence-electron chi connectivity index (χ0n) is 18.2. The number of ether oxygens (including phenoxy) is 1. The molecule has 1 aliphatic carbocycles. The second-order valence-corrected chi connectivity index (χ2v) is 11.0. The summed E-state index contributed by atoms with van der Waals surface area (Å²) in [6.07, 6.45) is 2.94. The third-order valence-corrected chi connectivity index (χ3v) is 8.06. The molecule has 0 saturated carbocycles. The summed E-state index contributed by atoms with van der Waals surface area (Å²) >= 11 is 2.81. The van der Waals surface area contributed by atoms with Crippen LogP contribution in [0.25, 0.3) is 15.9 Å². The van der Waals surface area contributed by atoms with Crippen LogP contribution < -0.4 is 16.0 Å². The van der Waals surface area contributed by atoms with Crippen LogP contribution >= 0.6 is 23.1 Å². The number of hydrogen-bond donors (Lipinski definition) is 1. The number of aryl methyl sites for hydroxylation is 1. The predicted octanol–water partition coefficient (Wildman–Crippen LogP) is 4.18. The molecule has 0 radical (unpaired) electrons. The first kappa shape index (κ1) is 21.9. The molecule has 1 aliphatic rings. The number of nitrogens with zero attached hydrogens (tertiary/aromatic N) is 2. The van der Waals surface area contributed by atoms with Crippen LogP contribution in [0.5, 0.6) is 5.75 Å². The van der Waals surface area contributed by atoms with E-state index in [2.05, 4.69) is 20.8 Å². The van der Waals surface area contributed by atoms with Crippen LogP contribution in [0.3, 0.4) is 0 Å². The molecule has 0 aliphatic heterocycles. The largest absolute Gasteiger partial charge is 0.497 e. The second kappa shape index (κ2) is 8.31. The summed E-state index contributed by atoms with van der Waals surface area (Å²) in [5.74, 6) is 0.906. The first-order chi connectivity index (χ1) is 14.7. The summed E-state index contributed by atoms with van der Waals surface area (Å²) in [6, 6.07) is 7.28. The summed E-state index contributed by atoms with van der Waals surface area (Å²) in [5, 5.41) is 1.19. The summed E-state index contributed by atoms with van der Waals surface area (Å²) in [7, 11) is 1.60. The van der Waals surface area contributed by atoms with E-state index in [1.165, 1.54) is 16.6 Å². The maximum atomic E-state index is 13.7. The molecule has 164 valence electrons. The van der Waals surface area contributed by atoms with Gasteiger partial charge in [-0.05, 0) is 60.4 Å². The quantitative estimate of drug-likeness (QED) is 0.459. The van der Waals surface area contributed by atoms with E-state index in [0.29, 0.717) is 27.9 Å². The first-order valence-electron chi connectivity index (χ1n) is 10.3. The Hall–Kier alpha value is -2.32. The fraction of sp³-hybridized carbons (Fsp3) is 0.435. The summed E-state index contributed by atoms with van der Waals surface area (Å²) in [4.78, 5) is 32.0. The Morgan fingerprint density at radius 1 is 1.32 bits per heavy atom. The van der Waals surface area contributed by atoms with Crippen LogP contribution in [-0.2, 0) is 17.6 Å². The van der Waals surface area contributed by atoms with Gasteiger partial charge in [-0.2, -0.15) is 0 Å². The Labute approximate surface area is 189 Å². The zero-order chi connectivity index (χ0) is 22.3. The van der Waals surface area contributed by atoms with E-state index in [1.54, 1.807) is 23.0 Å². The van der Waals surface area contributed by atoms with Crippen molar-refractivity contribution in [1.29, 1.82) is 0 Å². The van der Waals surface area contributed by atoms with Gasteiger partial charge in [0.1, 0.15) is 10.6 Å². The third kappa shape index (κ3) is 4.23. The van der Waals surface area contributed by atoms with Crippen molar-refractivity contribution >= 4 is 39.2 Å². The molecule has 1 amide bonds. The van der Waals surface area contributed by atoms with Crippen molar-refractivity contribution < 1.29 is 9.53 Å². The molecule has 0 unspecified atom stereocenters. The number of amides is 1. The monoisotopic (exact) mass is 457 g/mol. The van der Waals surface area contributed by atoms with Gasteiger partial charge in [0.25, 0.3) is 5.56 Å². The molecule has 3 aromatic rings. The highest BCUT2D eigenvalue weighted by atomic mass is 32.2. The molecular formula is C23H27N3O3S2. The number of primary amides is 1. The topological polar surface area (TPSA) is 87.2 Å². The molecule has 0 spiro atoms. The fourth-order valence-corrected chi connectivity index (χ4v) is 6.23. The van der Waals surface area contributed by atoms with E-state index in [-0.39, 0.29) is 16.7 Å². The van der Waals surface area contributed by atoms with Gasteiger partial charge in [-0.1, -0.05) is 32.5 Å². The fourth-order valence-electron chi connectivity index (χ4n) is 4.14. The highest BCUT2D eigenvalue weighted by molar-refractivity contribution is 7.99. The van der Waals surface area contributed by atoms with Gasteiger partial charge < -0.3 is 10.5 Å². The molecule has 2 heterocycles. The van der Waals surface area contributed by atoms with Crippen molar-refractivity contribution in [3.63, 3.8) is 0 Å². The number of methoxy groups -OCH3 is 1. The Morgan fingerprint density at radius 3 is 2.65 bits per heavy atom. The molecule has 0 saturated heterocycles. The number of nitrogens with two attached hydrogens (primary N) is 1. The number of carbonyl (C=O) groups is 1. The third-order valence-electron chi connectivity index (χ3n) is 5.95. The van der Waals surface area contributed by atoms with Gasteiger partial charge in [-0.25, -0.2) is 4.98 Å². The van der Waals surface area contributed by atoms with Crippen LogP contribution in [0.15, 0.2) is 34.2 Å². The van der Waals surface area contributed by atoms with Crippen LogP contribution in [0, 0.1) is 11.3 Å². The van der Waals surface area contributed by atoms with Crippen molar-refractivity contribution in [2.45, 2.75) is 45.2 Å². The van der Waals surface area contributed by atoms with Gasteiger partial charge in [-0.3, -0.25) is 14.2 Å². The van der Waals surface area contributed by atoms with E-state index in [9.17, 15) is 9.59 Å². The number of hydrogen-bond acceptors (Lipinski definition) is 6. The average Bonchev–Trinajstić information content (AvgIpc) is 3.09. The SMILES string of the molecule is COc1ccc(-n2c(SCC(N)=O)nc3sc4c(c3c2=O)CC[C@@H](C(C)(C)C)C4)cc1. The lowest BCUT2D eigenvalue weighted by Gasteiger charge is -2.33. The Morgan fingerprint density at radius 2 is 2.03 bits per heavy atom. The summed E-state index contributed by atoms with van der Waals surface area (Å²) < 4.78 is 6.84. The van der Waals surface area contributed by atoms with Crippen LogP contribution in [0.2, 0.25) is 0 Å². The predicted molar refractivity (Wildman–Crippen MR) is 127 cm³/mol. The number of fused-ring (bicyclic) bond motifs is 3. The van der Waals surface area contributed by atoms with E-state index < -0.39 is 5.91 Å². The summed E-state index contributed by atoms with van der Waals surface area (Å²) in [6.45, 7) is 6.84. The number of rotatable bonds is 5. The van der Waals surface area contributed by atoms with Crippen molar-refractivity contribution in [2.24, 2.45) is 17.1 Å². The van der Waals surface area contributed by atoms with Gasteiger partial charge >= 0.3 is 0 Å². The first-order valence-corrected chi connectivity index (χ1v) is 12.1. The standard InChI is InChI=1S/C23H27N3O3S2/c1-23(2,3)13-5-10-16-17(11-13)31-20-19(16)21(28)26(22(25-20)30-12-18(24)27)14-6-8-15(29-4)9-7-14/h6-9,13H,5,10-12H2,1-4H3,(H2,24,27)/t13-/m1/s1. The van der Waals surface area contributed by atoms with Crippen LogP contribution in [0.1, 0.15) is 37.6 Å². The van der Waals surface area contributed by atoms with Crippen LogP contribution in [-0.4, -0.2) is 28.3 Å². The Bertz CT molecular complexity index is 1190. The van der Waals surface area contributed by atoms with Crippen molar-refractivity contribution in [1.82, 2.24) is 9.55 Å². The molecule has 0 fully saturated rings. The number of thioether (sulfide) groups is 1. The van der Waals surface area contributed by atoms with Gasteiger partial charge in [0.05, 0.1) is 23.9 Å². The number of benzene rings is 1. The molecule has 6 nitrogen and oxygen atoms in total. The minimum Gasteiger partial charge on any atom is -0.497 e. The lowest BCUT2D eigenvalue weighted by Crippen LogP contribution is -2.27. The number of thiophene rings is 1. The Balaban J connectivity index is 1.88. The Kier molecular flexibility index (Phi) is 5.87. The van der Waals surface area contributed by atoms with E-state index in [1.807, 2.05) is 24.3 Å². The molecule has 2 N–H and O–H groups in total. The average molecular weight is 458 g/mol. The lowest BCUT2D eigenvalue weighted by atomic mass is 9.72. The maximum Gasteiger partial charge on any atom is 0.267 e. The highest BCUT2D eigenvalue weighted by Crippen LogP contribution is 2.42. The van der Waals surface area contributed by atoms with Gasteiger partial charge in [0.2, 0.25) is 5.91 Å².